The molecule has 2 heterocycles. The van der Waals surface area contributed by atoms with Gasteiger partial charge in [0.25, 0.3) is 5.91 Å². The number of halogens is 1. The second-order valence-corrected chi connectivity index (χ2v) is 4.29. The maximum Gasteiger partial charge on any atom is 0.262 e. The number of hydrogen-bond acceptors (Lipinski definition) is 4. The molecule has 0 aromatic carbocycles. The zero-order chi connectivity index (χ0) is 12.4. The van der Waals surface area contributed by atoms with Crippen LogP contribution in [0.4, 0.5) is 5.82 Å². The summed E-state index contributed by atoms with van der Waals surface area (Å²) in [6.07, 6.45) is 0. The highest BCUT2D eigenvalue weighted by Crippen LogP contribution is 2.22. The number of carbonyl (C=O) groups is 1. The third-order valence-electron chi connectivity index (χ3n) is 2.31. The van der Waals surface area contributed by atoms with Crippen LogP contribution < -0.4 is 10.8 Å². The normalized spacial score (nSPS) is 10.5. The molecule has 2 aromatic rings. The second kappa shape index (κ2) is 4.72. The maximum absolute atomic E-state index is 11.0. The molecule has 1 amide bonds. The van der Waals surface area contributed by atoms with Crippen LogP contribution in [0, 0.1) is 6.92 Å². The number of rotatable bonds is 3. The van der Waals surface area contributed by atoms with E-state index in [1.54, 1.807) is 5.48 Å². The predicted octanol–water partition coefficient (Wildman–Crippen LogP) is 1.32. The first-order chi connectivity index (χ1) is 8.13. The highest BCUT2D eigenvalue weighted by atomic mass is 79.9. The lowest BCUT2D eigenvalue weighted by Gasteiger charge is -2.07. The van der Waals surface area contributed by atoms with Gasteiger partial charge in [-0.25, -0.2) is 10.5 Å². The smallest absolute Gasteiger partial charge is 0.262 e. The minimum absolute atomic E-state index is 0.0214. The summed E-state index contributed by atoms with van der Waals surface area (Å²) in [4.78, 5) is 15.3. The summed E-state index contributed by atoms with van der Waals surface area (Å²) >= 11 is 3.42. The Hall–Kier alpha value is -1.60. The first-order valence-corrected chi connectivity index (χ1v) is 5.73. The van der Waals surface area contributed by atoms with E-state index in [4.69, 9.17) is 5.21 Å². The van der Waals surface area contributed by atoms with Crippen LogP contribution in [-0.4, -0.2) is 27.0 Å². The number of fused-ring (bicyclic) bond motifs is 1. The molecule has 7 heteroatoms. The number of carbonyl (C=O) groups excluding carboxylic acids is 1. The number of pyridine rings is 1. The molecular formula is C10H11BrN4O2. The molecule has 17 heavy (non-hydrogen) atoms. The topological polar surface area (TPSA) is 78.7 Å². The monoisotopic (exact) mass is 298 g/mol. The van der Waals surface area contributed by atoms with Gasteiger partial charge in [0.05, 0.1) is 16.8 Å². The van der Waals surface area contributed by atoms with Crippen molar-refractivity contribution in [3.05, 3.63) is 28.5 Å². The lowest BCUT2D eigenvalue weighted by Crippen LogP contribution is -2.27. The van der Waals surface area contributed by atoms with Crippen molar-refractivity contribution in [1.82, 2.24) is 14.9 Å². The van der Waals surface area contributed by atoms with Crippen molar-refractivity contribution >= 4 is 33.3 Å². The van der Waals surface area contributed by atoms with E-state index in [9.17, 15) is 4.79 Å². The van der Waals surface area contributed by atoms with Gasteiger partial charge in [0.1, 0.15) is 11.5 Å². The SMILES string of the molecule is Cc1nc2cccc(Br)n2c1NCC(=O)NO. The highest BCUT2D eigenvalue weighted by molar-refractivity contribution is 9.10. The molecule has 3 N–H and O–H groups in total. The van der Waals surface area contributed by atoms with Gasteiger partial charge in [-0.2, -0.15) is 0 Å². The zero-order valence-electron chi connectivity index (χ0n) is 9.07. The molecule has 0 spiro atoms. The number of imidazole rings is 1. The van der Waals surface area contributed by atoms with Crippen LogP contribution in [0.25, 0.3) is 5.65 Å². The highest BCUT2D eigenvalue weighted by Gasteiger charge is 2.11. The number of nitrogens with zero attached hydrogens (tertiary/aromatic N) is 2. The van der Waals surface area contributed by atoms with Crippen LogP contribution in [-0.2, 0) is 4.79 Å². The van der Waals surface area contributed by atoms with Crippen LogP contribution in [0.1, 0.15) is 5.69 Å². The van der Waals surface area contributed by atoms with Crippen molar-refractivity contribution in [1.29, 1.82) is 0 Å². The van der Waals surface area contributed by atoms with Crippen LogP contribution in [0.15, 0.2) is 22.8 Å². The van der Waals surface area contributed by atoms with Crippen LogP contribution in [0.3, 0.4) is 0 Å². The molecule has 0 unspecified atom stereocenters. The molecule has 0 aliphatic heterocycles. The summed E-state index contributed by atoms with van der Waals surface area (Å²) in [5.41, 5.74) is 3.13. The number of nitrogens with one attached hydrogen (secondary N) is 2. The standard InChI is InChI=1S/C10H11BrN4O2/c1-6-10(12-5-9(16)14-17)15-7(11)3-2-4-8(15)13-6/h2-4,12,17H,5H2,1H3,(H,14,16). The second-order valence-electron chi connectivity index (χ2n) is 3.48. The van der Waals surface area contributed by atoms with Crippen molar-refractivity contribution in [3.63, 3.8) is 0 Å². The molecule has 0 fully saturated rings. The van der Waals surface area contributed by atoms with E-state index in [1.807, 2.05) is 29.5 Å². The van der Waals surface area contributed by atoms with Crippen LogP contribution in [0.5, 0.6) is 0 Å². The van der Waals surface area contributed by atoms with Crippen LogP contribution in [0.2, 0.25) is 0 Å². The molecule has 0 radical (unpaired) electrons. The molecule has 0 aliphatic rings. The van der Waals surface area contributed by atoms with Gasteiger partial charge in [-0.15, -0.1) is 0 Å². The van der Waals surface area contributed by atoms with Gasteiger partial charge >= 0.3 is 0 Å². The van der Waals surface area contributed by atoms with Gasteiger partial charge in [-0.05, 0) is 35.0 Å². The third-order valence-corrected chi connectivity index (χ3v) is 2.93. The fourth-order valence-electron chi connectivity index (χ4n) is 1.58. The summed E-state index contributed by atoms with van der Waals surface area (Å²) in [6.45, 7) is 1.82. The first kappa shape index (κ1) is 11.9. The Morgan fingerprint density at radius 3 is 3.06 bits per heavy atom. The number of aromatic nitrogens is 2. The molecule has 2 aromatic heterocycles. The van der Waals surface area contributed by atoms with Gasteiger partial charge in [-0.3, -0.25) is 14.4 Å². The van der Waals surface area contributed by atoms with Gasteiger partial charge in [0.2, 0.25) is 0 Å². The molecular weight excluding hydrogens is 288 g/mol. The average Bonchev–Trinajstić information content (AvgIpc) is 2.63. The molecule has 0 saturated carbocycles. The van der Waals surface area contributed by atoms with Crippen molar-refractivity contribution in [2.75, 3.05) is 11.9 Å². The molecule has 2 rings (SSSR count). The maximum atomic E-state index is 11.0. The predicted molar refractivity (Wildman–Crippen MR) is 66.0 cm³/mol. The molecule has 0 bridgehead atoms. The Labute approximate surface area is 106 Å². The fourth-order valence-corrected chi connectivity index (χ4v) is 2.09. The lowest BCUT2D eigenvalue weighted by atomic mass is 10.4. The summed E-state index contributed by atoms with van der Waals surface area (Å²) in [5, 5.41) is 11.4. The minimum atomic E-state index is -0.508. The van der Waals surface area contributed by atoms with E-state index in [0.717, 1.165) is 21.8 Å². The molecule has 90 valence electrons. The largest absolute Gasteiger partial charge is 0.360 e. The van der Waals surface area contributed by atoms with Gasteiger partial charge in [0.15, 0.2) is 0 Å². The van der Waals surface area contributed by atoms with Gasteiger partial charge in [-0.1, -0.05) is 6.07 Å². The molecule has 0 atom stereocenters. The van der Waals surface area contributed by atoms with E-state index < -0.39 is 5.91 Å². The minimum Gasteiger partial charge on any atom is -0.360 e. The molecule has 6 nitrogen and oxygen atoms in total. The van der Waals surface area contributed by atoms with Crippen LogP contribution >= 0.6 is 15.9 Å². The van der Waals surface area contributed by atoms with Crippen molar-refractivity contribution in [2.45, 2.75) is 6.92 Å². The van der Waals surface area contributed by atoms with Gasteiger partial charge in [0, 0.05) is 0 Å². The van der Waals surface area contributed by atoms with E-state index in [0.29, 0.717) is 0 Å². The number of amides is 1. The zero-order valence-corrected chi connectivity index (χ0v) is 10.7. The van der Waals surface area contributed by atoms with E-state index in [2.05, 4.69) is 26.2 Å². The fraction of sp³-hybridized carbons (Fsp3) is 0.200. The Bertz CT molecular complexity index is 567. The average molecular weight is 299 g/mol. The van der Waals surface area contributed by atoms with E-state index >= 15 is 0 Å². The molecule has 0 saturated heterocycles. The Balaban J connectivity index is 2.39. The quantitative estimate of drug-likeness (QED) is 0.454. The Morgan fingerprint density at radius 2 is 2.35 bits per heavy atom. The van der Waals surface area contributed by atoms with Gasteiger partial charge < -0.3 is 5.32 Å². The van der Waals surface area contributed by atoms with Crippen molar-refractivity contribution in [2.24, 2.45) is 0 Å². The Kier molecular flexibility index (Phi) is 3.30. The summed E-state index contributed by atoms with van der Waals surface area (Å²) in [6, 6.07) is 5.64. The number of aryl methyl sites for hydroxylation is 1. The summed E-state index contributed by atoms with van der Waals surface area (Å²) < 4.78 is 2.68. The Morgan fingerprint density at radius 1 is 1.59 bits per heavy atom. The number of hydrogen-bond donors (Lipinski definition) is 3. The lowest BCUT2D eigenvalue weighted by molar-refractivity contribution is -0.127. The third kappa shape index (κ3) is 2.25. The number of anilines is 1. The van der Waals surface area contributed by atoms with Crippen molar-refractivity contribution < 1.29 is 10.0 Å². The van der Waals surface area contributed by atoms with E-state index in [-0.39, 0.29) is 6.54 Å². The summed E-state index contributed by atoms with van der Waals surface area (Å²) in [5.74, 6) is 0.211. The number of hydroxylamine groups is 1. The van der Waals surface area contributed by atoms with E-state index in [1.165, 1.54) is 0 Å². The summed E-state index contributed by atoms with van der Waals surface area (Å²) in [7, 11) is 0. The van der Waals surface area contributed by atoms with Crippen molar-refractivity contribution in [3.8, 4) is 0 Å². The molecule has 0 aliphatic carbocycles. The first-order valence-electron chi connectivity index (χ1n) is 4.94.